The maximum absolute atomic E-state index is 4.94. The first kappa shape index (κ1) is 8.75. The van der Waals surface area contributed by atoms with Crippen LogP contribution in [0.5, 0.6) is 0 Å². The molecule has 2 rings (SSSR count). The summed E-state index contributed by atoms with van der Waals surface area (Å²) in [5.74, 6) is 0. The van der Waals surface area contributed by atoms with Gasteiger partial charge in [0.25, 0.3) is 0 Å². The van der Waals surface area contributed by atoms with E-state index in [0.29, 0.717) is 6.04 Å². The van der Waals surface area contributed by atoms with E-state index in [-0.39, 0.29) is 5.41 Å². The summed E-state index contributed by atoms with van der Waals surface area (Å²) in [5.41, 5.74) is 2.62. The Hall–Kier alpha value is -0.830. The average Bonchev–Trinajstić information content (AvgIpc) is 2.47. The van der Waals surface area contributed by atoms with Crippen LogP contribution >= 0.6 is 0 Å². The van der Waals surface area contributed by atoms with Crippen molar-refractivity contribution in [3.8, 4) is 0 Å². The van der Waals surface area contributed by atoms with Gasteiger partial charge in [0.05, 0.1) is 5.69 Å². The van der Waals surface area contributed by atoms with Crippen molar-refractivity contribution in [3.05, 3.63) is 17.5 Å². The van der Waals surface area contributed by atoms with Crippen LogP contribution < -0.4 is 5.32 Å². The molecule has 0 fully saturated rings. The van der Waals surface area contributed by atoms with Crippen molar-refractivity contribution >= 4 is 0 Å². The number of hydrogen-bond acceptors (Lipinski definition) is 3. The smallest absolute Gasteiger partial charge is 0.128 e. The third-order valence-corrected chi connectivity index (χ3v) is 2.71. The Morgan fingerprint density at radius 2 is 2.31 bits per heavy atom. The molecule has 0 saturated carbocycles. The predicted molar refractivity (Wildman–Crippen MR) is 50.3 cm³/mol. The summed E-state index contributed by atoms with van der Waals surface area (Å²) in [7, 11) is 0. The normalized spacial score (nSPS) is 22.8. The zero-order valence-electron chi connectivity index (χ0n) is 8.42. The monoisotopic (exact) mass is 180 g/mol. The van der Waals surface area contributed by atoms with Gasteiger partial charge in [-0.3, -0.25) is 0 Å². The van der Waals surface area contributed by atoms with Gasteiger partial charge in [0.2, 0.25) is 0 Å². The van der Waals surface area contributed by atoms with Crippen LogP contribution in [0.4, 0.5) is 0 Å². The summed E-state index contributed by atoms with van der Waals surface area (Å²) in [6, 6.07) is 0.505. The fourth-order valence-corrected chi connectivity index (χ4v) is 1.70. The van der Waals surface area contributed by atoms with Gasteiger partial charge in [-0.2, -0.15) is 0 Å². The molecule has 0 aliphatic carbocycles. The minimum atomic E-state index is 0.288. The van der Waals surface area contributed by atoms with Crippen LogP contribution in [0.2, 0.25) is 0 Å². The second kappa shape index (κ2) is 2.84. The highest BCUT2D eigenvalue weighted by molar-refractivity contribution is 5.19. The van der Waals surface area contributed by atoms with E-state index >= 15 is 0 Å². The van der Waals surface area contributed by atoms with Crippen molar-refractivity contribution < 1.29 is 4.52 Å². The molecule has 0 aromatic carbocycles. The number of nitrogens with one attached hydrogen (secondary N) is 1. The van der Waals surface area contributed by atoms with Crippen molar-refractivity contribution in [1.82, 2.24) is 10.5 Å². The average molecular weight is 180 g/mol. The number of fused-ring (bicyclic) bond motifs is 1. The van der Waals surface area contributed by atoms with E-state index < -0.39 is 0 Å². The maximum atomic E-state index is 4.94. The Labute approximate surface area is 78.5 Å². The van der Waals surface area contributed by atoms with Crippen LogP contribution in [0.3, 0.4) is 0 Å². The molecule has 1 unspecified atom stereocenters. The fourth-order valence-electron chi connectivity index (χ4n) is 1.70. The van der Waals surface area contributed by atoms with Gasteiger partial charge >= 0.3 is 0 Å². The highest BCUT2D eigenvalue weighted by atomic mass is 16.5. The zero-order valence-corrected chi connectivity index (χ0v) is 8.42. The van der Waals surface area contributed by atoms with E-state index in [1.165, 1.54) is 5.56 Å². The zero-order chi connectivity index (χ0) is 9.47. The Morgan fingerprint density at radius 1 is 1.54 bits per heavy atom. The van der Waals surface area contributed by atoms with Crippen molar-refractivity contribution in [2.45, 2.75) is 39.8 Å². The SMILES string of the molecule is CC(C)(C)C1Cc2nocc2CN1. The molecule has 1 aromatic rings. The molecule has 1 aliphatic rings. The summed E-state index contributed by atoms with van der Waals surface area (Å²) in [5, 5.41) is 7.51. The Bertz CT molecular complexity index is 298. The quantitative estimate of drug-likeness (QED) is 0.660. The van der Waals surface area contributed by atoms with Crippen LogP contribution in [-0.2, 0) is 13.0 Å². The molecule has 3 heteroatoms. The van der Waals surface area contributed by atoms with Gasteiger partial charge in [-0.05, 0) is 5.41 Å². The van der Waals surface area contributed by atoms with Crippen molar-refractivity contribution in [2.75, 3.05) is 0 Å². The van der Waals surface area contributed by atoms with Gasteiger partial charge < -0.3 is 9.84 Å². The van der Waals surface area contributed by atoms with E-state index in [9.17, 15) is 0 Å². The molecule has 0 saturated heterocycles. The van der Waals surface area contributed by atoms with Gasteiger partial charge in [-0.25, -0.2) is 0 Å². The fraction of sp³-hybridized carbons (Fsp3) is 0.700. The van der Waals surface area contributed by atoms with Crippen molar-refractivity contribution in [3.63, 3.8) is 0 Å². The predicted octanol–water partition coefficient (Wildman–Crippen LogP) is 1.73. The van der Waals surface area contributed by atoms with E-state index in [1.54, 1.807) is 6.26 Å². The molecule has 0 amide bonds. The van der Waals surface area contributed by atoms with Gasteiger partial charge in [0.15, 0.2) is 0 Å². The Morgan fingerprint density at radius 3 is 3.00 bits per heavy atom. The van der Waals surface area contributed by atoms with Crippen LogP contribution in [0.15, 0.2) is 10.8 Å². The molecule has 0 radical (unpaired) electrons. The second-order valence-electron chi connectivity index (χ2n) is 4.79. The van der Waals surface area contributed by atoms with E-state index in [0.717, 1.165) is 18.7 Å². The van der Waals surface area contributed by atoms with Crippen molar-refractivity contribution in [1.29, 1.82) is 0 Å². The third-order valence-electron chi connectivity index (χ3n) is 2.71. The minimum absolute atomic E-state index is 0.288. The first-order valence-electron chi connectivity index (χ1n) is 4.73. The number of aromatic nitrogens is 1. The third kappa shape index (κ3) is 1.61. The lowest BCUT2D eigenvalue weighted by Gasteiger charge is -2.33. The van der Waals surface area contributed by atoms with E-state index in [1.807, 2.05) is 0 Å². The van der Waals surface area contributed by atoms with Crippen LogP contribution in [0.1, 0.15) is 32.0 Å². The Balaban J connectivity index is 2.18. The topological polar surface area (TPSA) is 38.1 Å². The van der Waals surface area contributed by atoms with E-state index in [2.05, 4.69) is 31.2 Å². The summed E-state index contributed by atoms with van der Waals surface area (Å²) in [6.45, 7) is 7.63. The molecule has 1 N–H and O–H groups in total. The van der Waals surface area contributed by atoms with Gasteiger partial charge in [0, 0.05) is 24.6 Å². The first-order chi connectivity index (χ1) is 6.07. The molecule has 2 heterocycles. The van der Waals surface area contributed by atoms with Crippen molar-refractivity contribution in [2.24, 2.45) is 5.41 Å². The number of hydrogen-bond donors (Lipinski definition) is 1. The molecule has 1 aliphatic heterocycles. The van der Waals surface area contributed by atoms with E-state index in [4.69, 9.17) is 4.52 Å². The molecule has 72 valence electrons. The second-order valence-corrected chi connectivity index (χ2v) is 4.79. The summed E-state index contributed by atoms with van der Waals surface area (Å²) in [6.07, 6.45) is 2.72. The van der Waals surface area contributed by atoms with Crippen LogP contribution in [0, 0.1) is 5.41 Å². The van der Waals surface area contributed by atoms with Gasteiger partial charge in [0.1, 0.15) is 6.26 Å². The lowest BCUT2D eigenvalue weighted by atomic mass is 9.82. The highest BCUT2D eigenvalue weighted by Crippen LogP contribution is 2.26. The number of rotatable bonds is 0. The lowest BCUT2D eigenvalue weighted by molar-refractivity contribution is 0.252. The highest BCUT2D eigenvalue weighted by Gasteiger charge is 2.29. The molecule has 1 atom stereocenters. The Kier molecular flexibility index (Phi) is 1.91. The molecular weight excluding hydrogens is 164 g/mol. The van der Waals surface area contributed by atoms with Gasteiger partial charge in [-0.15, -0.1) is 0 Å². The maximum Gasteiger partial charge on any atom is 0.128 e. The van der Waals surface area contributed by atoms with Gasteiger partial charge in [-0.1, -0.05) is 25.9 Å². The van der Waals surface area contributed by atoms with Crippen LogP contribution in [0.25, 0.3) is 0 Å². The molecular formula is C10H16N2O. The first-order valence-corrected chi connectivity index (χ1v) is 4.73. The minimum Gasteiger partial charge on any atom is -0.364 e. The summed E-state index contributed by atoms with van der Waals surface area (Å²) < 4.78 is 4.94. The number of nitrogens with zero attached hydrogens (tertiary/aromatic N) is 1. The standard InChI is InChI=1S/C10H16N2O/c1-10(2,3)9-4-8-7(5-11-9)6-13-12-8/h6,9,11H,4-5H2,1-3H3. The summed E-state index contributed by atoms with van der Waals surface area (Å²) >= 11 is 0. The lowest BCUT2D eigenvalue weighted by Crippen LogP contribution is -2.44. The summed E-state index contributed by atoms with van der Waals surface area (Å²) in [4.78, 5) is 0. The molecule has 1 aromatic heterocycles. The molecule has 0 bridgehead atoms. The van der Waals surface area contributed by atoms with Crippen LogP contribution in [-0.4, -0.2) is 11.2 Å². The molecule has 0 spiro atoms. The molecule has 3 nitrogen and oxygen atoms in total. The molecule has 13 heavy (non-hydrogen) atoms. The largest absolute Gasteiger partial charge is 0.364 e.